The van der Waals surface area contributed by atoms with Gasteiger partial charge in [-0.2, -0.15) is 0 Å². The number of rotatable bonds is 4. The van der Waals surface area contributed by atoms with Crippen molar-refractivity contribution in [2.45, 2.75) is 45.7 Å². The molecule has 0 bridgehead atoms. The standard InChI is InChI=1S/C17H26N2O/c1-4-17(20)19-12-15(18-11-16(19)13(2)3)10-14-8-6-5-7-9-14/h5-9,13,15-16,18H,4,10-12H2,1-3H3. The molecular weight excluding hydrogens is 248 g/mol. The minimum atomic E-state index is 0.281. The highest BCUT2D eigenvalue weighted by atomic mass is 16.2. The summed E-state index contributed by atoms with van der Waals surface area (Å²) in [7, 11) is 0. The van der Waals surface area contributed by atoms with E-state index in [1.165, 1.54) is 5.56 Å². The molecule has 1 amide bonds. The van der Waals surface area contributed by atoms with Gasteiger partial charge in [0, 0.05) is 31.6 Å². The van der Waals surface area contributed by atoms with E-state index < -0.39 is 0 Å². The van der Waals surface area contributed by atoms with Gasteiger partial charge in [-0.25, -0.2) is 0 Å². The Labute approximate surface area is 122 Å². The van der Waals surface area contributed by atoms with Crippen LogP contribution in [0.1, 0.15) is 32.8 Å². The Hall–Kier alpha value is -1.35. The van der Waals surface area contributed by atoms with Crippen LogP contribution in [0, 0.1) is 5.92 Å². The van der Waals surface area contributed by atoms with E-state index in [0.29, 0.717) is 24.4 Å². The molecule has 0 spiro atoms. The molecule has 0 aliphatic carbocycles. The summed E-state index contributed by atoms with van der Waals surface area (Å²) in [5.41, 5.74) is 1.33. The van der Waals surface area contributed by atoms with Crippen LogP contribution in [0.3, 0.4) is 0 Å². The summed E-state index contributed by atoms with van der Waals surface area (Å²) in [5.74, 6) is 0.777. The fourth-order valence-electron chi connectivity index (χ4n) is 2.96. The first kappa shape index (κ1) is 15.0. The number of nitrogens with zero attached hydrogens (tertiary/aromatic N) is 1. The Morgan fingerprint density at radius 1 is 1.35 bits per heavy atom. The van der Waals surface area contributed by atoms with E-state index in [4.69, 9.17) is 0 Å². The van der Waals surface area contributed by atoms with Gasteiger partial charge in [-0.05, 0) is 17.9 Å². The highest BCUT2D eigenvalue weighted by molar-refractivity contribution is 5.76. The highest BCUT2D eigenvalue weighted by Gasteiger charge is 2.32. The molecule has 0 radical (unpaired) electrons. The number of benzene rings is 1. The van der Waals surface area contributed by atoms with Gasteiger partial charge in [0.25, 0.3) is 0 Å². The molecule has 2 rings (SSSR count). The Morgan fingerprint density at radius 2 is 2.05 bits per heavy atom. The van der Waals surface area contributed by atoms with Crippen LogP contribution in [0.4, 0.5) is 0 Å². The van der Waals surface area contributed by atoms with Crippen LogP contribution in [0.15, 0.2) is 30.3 Å². The Kier molecular flexibility index (Phi) is 5.18. The molecule has 1 saturated heterocycles. The molecule has 2 atom stereocenters. The monoisotopic (exact) mass is 274 g/mol. The quantitative estimate of drug-likeness (QED) is 0.915. The maximum absolute atomic E-state index is 12.2. The minimum Gasteiger partial charge on any atom is -0.337 e. The fraction of sp³-hybridized carbons (Fsp3) is 0.588. The van der Waals surface area contributed by atoms with Gasteiger partial charge in [0.1, 0.15) is 0 Å². The first-order valence-electron chi connectivity index (χ1n) is 7.68. The van der Waals surface area contributed by atoms with Gasteiger partial charge in [0.2, 0.25) is 5.91 Å². The Bertz CT molecular complexity index is 430. The molecule has 1 aromatic rings. The van der Waals surface area contributed by atoms with Crippen molar-refractivity contribution in [2.24, 2.45) is 5.92 Å². The maximum atomic E-state index is 12.2. The predicted octanol–water partition coefficient (Wildman–Crippen LogP) is 2.46. The topological polar surface area (TPSA) is 32.3 Å². The lowest BCUT2D eigenvalue weighted by Crippen LogP contribution is -2.60. The summed E-state index contributed by atoms with van der Waals surface area (Å²) in [5, 5.41) is 3.61. The summed E-state index contributed by atoms with van der Waals surface area (Å²) in [6.45, 7) is 8.07. The van der Waals surface area contributed by atoms with Gasteiger partial charge < -0.3 is 10.2 Å². The zero-order valence-electron chi connectivity index (χ0n) is 12.8. The van der Waals surface area contributed by atoms with Crippen LogP contribution in [-0.4, -0.2) is 36.0 Å². The second kappa shape index (κ2) is 6.89. The molecule has 0 saturated carbocycles. The van der Waals surface area contributed by atoms with Gasteiger partial charge in [-0.1, -0.05) is 51.1 Å². The van der Waals surface area contributed by atoms with Crippen molar-refractivity contribution in [2.75, 3.05) is 13.1 Å². The van der Waals surface area contributed by atoms with E-state index in [0.717, 1.165) is 19.5 Å². The highest BCUT2D eigenvalue weighted by Crippen LogP contribution is 2.18. The summed E-state index contributed by atoms with van der Waals surface area (Å²) < 4.78 is 0. The number of amides is 1. The summed E-state index contributed by atoms with van der Waals surface area (Å²) >= 11 is 0. The number of hydrogen-bond acceptors (Lipinski definition) is 2. The second-order valence-corrected chi connectivity index (χ2v) is 6.01. The molecule has 2 unspecified atom stereocenters. The average Bonchev–Trinajstić information content (AvgIpc) is 2.47. The molecule has 3 nitrogen and oxygen atoms in total. The Balaban J connectivity index is 2.03. The molecule has 1 aromatic carbocycles. The number of hydrogen-bond donors (Lipinski definition) is 1. The molecule has 0 aromatic heterocycles. The molecule has 1 aliphatic heterocycles. The van der Waals surface area contributed by atoms with Crippen molar-refractivity contribution in [3.05, 3.63) is 35.9 Å². The maximum Gasteiger partial charge on any atom is 0.222 e. The van der Waals surface area contributed by atoms with Crippen molar-refractivity contribution in [1.82, 2.24) is 10.2 Å². The van der Waals surface area contributed by atoms with Crippen LogP contribution >= 0.6 is 0 Å². The number of nitrogens with one attached hydrogen (secondary N) is 1. The summed E-state index contributed by atoms with van der Waals surface area (Å²) in [4.78, 5) is 14.3. The summed E-state index contributed by atoms with van der Waals surface area (Å²) in [6, 6.07) is 11.2. The van der Waals surface area contributed by atoms with Crippen molar-refractivity contribution in [3.63, 3.8) is 0 Å². The largest absolute Gasteiger partial charge is 0.337 e. The average molecular weight is 274 g/mol. The SMILES string of the molecule is CCC(=O)N1CC(Cc2ccccc2)NCC1C(C)C. The van der Waals surface area contributed by atoms with Crippen LogP contribution in [0.5, 0.6) is 0 Å². The number of carbonyl (C=O) groups excluding carboxylic acids is 1. The van der Waals surface area contributed by atoms with Crippen molar-refractivity contribution >= 4 is 5.91 Å². The van der Waals surface area contributed by atoms with E-state index in [-0.39, 0.29) is 5.91 Å². The van der Waals surface area contributed by atoms with Gasteiger partial charge in [0.05, 0.1) is 0 Å². The Morgan fingerprint density at radius 3 is 2.65 bits per heavy atom. The fourth-order valence-corrected chi connectivity index (χ4v) is 2.96. The van der Waals surface area contributed by atoms with Crippen molar-refractivity contribution in [3.8, 4) is 0 Å². The third kappa shape index (κ3) is 3.60. The zero-order chi connectivity index (χ0) is 14.5. The smallest absolute Gasteiger partial charge is 0.222 e. The van der Waals surface area contributed by atoms with Crippen molar-refractivity contribution in [1.29, 1.82) is 0 Å². The molecule has 3 heteroatoms. The molecule has 110 valence electrons. The third-order valence-corrected chi connectivity index (χ3v) is 4.15. The van der Waals surface area contributed by atoms with Crippen molar-refractivity contribution < 1.29 is 4.79 Å². The van der Waals surface area contributed by atoms with Gasteiger partial charge in [0.15, 0.2) is 0 Å². The second-order valence-electron chi connectivity index (χ2n) is 6.01. The first-order chi connectivity index (χ1) is 9.61. The van der Waals surface area contributed by atoms with Crippen LogP contribution < -0.4 is 5.32 Å². The molecular formula is C17H26N2O. The third-order valence-electron chi connectivity index (χ3n) is 4.15. The molecule has 20 heavy (non-hydrogen) atoms. The molecule has 1 fully saturated rings. The predicted molar refractivity (Wildman–Crippen MR) is 82.6 cm³/mol. The van der Waals surface area contributed by atoms with Crippen LogP contribution in [0.25, 0.3) is 0 Å². The number of piperazine rings is 1. The minimum absolute atomic E-state index is 0.281. The lowest BCUT2D eigenvalue weighted by Gasteiger charge is -2.42. The molecule has 1 heterocycles. The van der Waals surface area contributed by atoms with Crippen LogP contribution in [-0.2, 0) is 11.2 Å². The lowest BCUT2D eigenvalue weighted by atomic mass is 9.95. The molecule has 1 aliphatic rings. The normalized spacial score (nSPS) is 23.1. The molecule has 1 N–H and O–H groups in total. The van der Waals surface area contributed by atoms with E-state index in [1.807, 2.05) is 13.0 Å². The summed E-state index contributed by atoms with van der Waals surface area (Å²) in [6.07, 6.45) is 1.58. The van der Waals surface area contributed by atoms with E-state index in [2.05, 4.69) is 48.3 Å². The van der Waals surface area contributed by atoms with Crippen LogP contribution in [0.2, 0.25) is 0 Å². The van der Waals surface area contributed by atoms with E-state index >= 15 is 0 Å². The zero-order valence-corrected chi connectivity index (χ0v) is 12.8. The van der Waals surface area contributed by atoms with Gasteiger partial charge in [-0.3, -0.25) is 4.79 Å². The number of carbonyl (C=O) groups is 1. The van der Waals surface area contributed by atoms with E-state index in [9.17, 15) is 4.79 Å². The lowest BCUT2D eigenvalue weighted by molar-refractivity contribution is -0.136. The van der Waals surface area contributed by atoms with Gasteiger partial charge in [-0.15, -0.1) is 0 Å². The first-order valence-corrected chi connectivity index (χ1v) is 7.68. The van der Waals surface area contributed by atoms with Gasteiger partial charge >= 0.3 is 0 Å². The van der Waals surface area contributed by atoms with E-state index in [1.54, 1.807) is 0 Å².